The molecule has 0 saturated heterocycles. The summed E-state index contributed by atoms with van der Waals surface area (Å²) in [4.78, 5) is 24.9. The molecule has 0 radical (unpaired) electrons. The molecule has 0 fully saturated rings. The smallest absolute Gasteiger partial charge is 0.337 e. The van der Waals surface area contributed by atoms with Crippen molar-refractivity contribution in [2.75, 3.05) is 18.2 Å². The predicted octanol–water partition coefficient (Wildman–Crippen LogP) is 3.93. The fourth-order valence-electron chi connectivity index (χ4n) is 2.51. The van der Waals surface area contributed by atoms with Crippen molar-refractivity contribution in [3.05, 3.63) is 65.5 Å². The first-order valence-corrected chi connectivity index (χ1v) is 11.1. The number of hydrogen-bond donors (Lipinski definition) is 1. The lowest BCUT2D eigenvalue weighted by Gasteiger charge is -2.06. The van der Waals surface area contributed by atoms with E-state index in [-0.39, 0.29) is 11.7 Å². The number of amides is 1. The second kappa shape index (κ2) is 10.3. The summed E-state index contributed by atoms with van der Waals surface area (Å²) in [5.74, 6) is 1.18. The molecular weight excluding hydrogens is 420 g/mol. The fourth-order valence-corrected chi connectivity index (χ4v) is 4.12. The van der Waals surface area contributed by atoms with Gasteiger partial charge < -0.3 is 14.6 Å². The van der Waals surface area contributed by atoms with Crippen LogP contribution in [0.2, 0.25) is 0 Å². The average molecular weight is 443 g/mol. The monoisotopic (exact) mass is 442 g/mol. The van der Waals surface area contributed by atoms with Gasteiger partial charge in [0.15, 0.2) is 5.16 Å². The Morgan fingerprint density at radius 2 is 1.73 bits per heavy atom. The number of carbonyl (C=O) groups excluding carboxylic acids is 2. The van der Waals surface area contributed by atoms with Gasteiger partial charge in [-0.3, -0.25) is 4.79 Å². The summed E-state index contributed by atoms with van der Waals surface area (Å²) < 4.78 is 6.57. The van der Waals surface area contributed by atoms with E-state index in [1.54, 1.807) is 36.0 Å². The Labute approximate surface area is 183 Å². The molecule has 3 aromatic rings. The second-order valence-electron chi connectivity index (χ2n) is 6.47. The Morgan fingerprint density at radius 3 is 2.40 bits per heavy atom. The van der Waals surface area contributed by atoms with Crippen LogP contribution in [0.5, 0.6) is 0 Å². The number of nitrogens with zero attached hydrogens (tertiary/aromatic N) is 3. The van der Waals surface area contributed by atoms with Gasteiger partial charge >= 0.3 is 5.97 Å². The number of thioether (sulfide) groups is 2. The number of hydrogen-bond acceptors (Lipinski definition) is 7. The lowest BCUT2D eigenvalue weighted by atomic mass is 10.2. The van der Waals surface area contributed by atoms with Crippen molar-refractivity contribution in [1.82, 2.24) is 14.8 Å². The standard InChI is InChI=1S/C21H22N4O3S2/c1-14-4-10-17(11-5-14)29-12-18-23-24-21(25(18)2)30-13-19(26)22-16-8-6-15(7-9-16)20(27)28-3/h4-11H,12-13H2,1-3H3,(H,22,26). The molecule has 0 aliphatic rings. The van der Waals surface area contributed by atoms with Crippen LogP contribution in [0.4, 0.5) is 5.69 Å². The maximum atomic E-state index is 12.2. The molecular formula is C21H22N4O3S2. The van der Waals surface area contributed by atoms with Crippen molar-refractivity contribution in [1.29, 1.82) is 0 Å². The van der Waals surface area contributed by atoms with Crippen molar-refractivity contribution in [2.24, 2.45) is 7.05 Å². The molecule has 1 amide bonds. The Morgan fingerprint density at radius 1 is 1.03 bits per heavy atom. The molecule has 156 valence electrons. The lowest BCUT2D eigenvalue weighted by molar-refractivity contribution is -0.113. The molecule has 7 nitrogen and oxygen atoms in total. The van der Waals surface area contributed by atoms with Gasteiger partial charge in [-0.05, 0) is 43.3 Å². The van der Waals surface area contributed by atoms with Crippen LogP contribution < -0.4 is 5.32 Å². The summed E-state index contributed by atoms with van der Waals surface area (Å²) in [7, 11) is 3.23. The van der Waals surface area contributed by atoms with E-state index in [4.69, 9.17) is 0 Å². The highest BCUT2D eigenvalue weighted by atomic mass is 32.2. The highest BCUT2D eigenvalue weighted by Crippen LogP contribution is 2.24. The largest absolute Gasteiger partial charge is 0.465 e. The van der Waals surface area contributed by atoms with Crippen LogP contribution in [0.15, 0.2) is 58.6 Å². The minimum Gasteiger partial charge on any atom is -0.465 e. The van der Waals surface area contributed by atoms with E-state index < -0.39 is 5.97 Å². The van der Waals surface area contributed by atoms with Crippen LogP contribution in [-0.4, -0.2) is 39.5 Å². The fraction of sp³-hybridized carbons (Fsp3) is 0.238. The van der Waals surface area contributed by atoms with Crippen LogP contribution >= 0.6 is 23.5 Å². The number of carbonyl (C=O) groups is 2. The molecule has 0 aliphatic carbocycles. The first-order chi connectivity index (χ1) is 14.5. The molecule has 1 heterocycles. The number of anilines is 1. The zero-order chi connectivity index (χ0) is 21.5. The molecule has 1 aromatic heterocycles. The Bertz CT molecular complexity index is 1020. The summed E-state index contributed by atoms with van der Waals surface area (Å²) in [6.45, 7) is 2.06. The van der Waals surface area contributed by atoms with Crippen LogP contribution in [0.1, 0.15) is 21.7 Å². The maximum Gasteiger partial charge on any atom is 0.337 e. The van der Waals surface area contributed by atoms with Gasteiger partial charge in [-0.15, -0.1) is 22.0 Å². The van der Waals surface area contributed by atoms with Gasteiger partial charge in [0.05, 0.1) is 24.2 Å². The van der Waals surface area contributed by atoms with Gasteiger partial charge in [0.1, 0.15) is 5.82 Å². The molecule has 0 bridgehead atoms. The summed E-state index contributed by atoms with van der Waals surface area (Å²) >= 11 is 3.02. The van der Waals surface area contributed by atoms with Gasteiger partial charge in [-0.1, -0.05) is 29.5 Å². The van der Waals surface area contributed by atoms with Crippen molar-refractivity contribution in [3.63, 3.8) is 0 Å². The third-order valence-electron chi connectivity index (χ3n) is 4.24. The van der Waals surface area contributed by atoms with E-state index in [9.17, 15) is 9.59 Å². The molecule has 9 heteroatoms. The normalized spacial score (nSPS) is 10.6. The lowest BCUT2D eigenvalue weighted by Crippen LogP contribution is -2.14. The molecule has 1 N–H and O–H groups in total. The van der Waals surface area contributed by atoms with Crippen LogP contribution in [-0.2, 0) is 22.3 Å². The maximum absolute atomic E-state index is 12.2. The quantitative estimate of drug-likeness (QED) is 0.418. The Hall–Kier alpha value is -2.78. The third kappa shape index (κ3) is 5.87. The molecule has 3 rings (SSSR count). The Kier molecular flexibility index (Phi) is 7.53. The zero-order valence-electron chi connectivity index (χ0n) is 16.9. The number of rotatable bonds is 8. The summed E-state index contributed by atoms with van der Waals surface area (Å²) in [6, 6.07) is 14.9. The number of benzene rings is 2. The van der Waals surface area contributed by atoms with E-state index in [0.717, 1.165) is 5.82 Å². The number of esters is 1. The first kappa shape index (κ1) is 21.9. The van der Waals surface area contributed by atoms with Crippen molar-refractivity contribution < 1.29 is 14.3 Å². The van der Waals surface area contributed by atoms with Gasteiger partial charge in [0, 0.05) is 17.6 Å². The second-order valence-corrected chi connectivity index (χ2v) is 8.46. The predicted molar refractivity (Wildman–Crippen MR) is 119 cm³/mol. The van der Waals surface area contributed by atoms with Gasteiger partial charge in [0.25, 0.3) is 0 Å². The molecule has 0 unspecified atom stereocenters. The zero-order valence-corrected chi connectivity index (χ0v) is 18.5. The van der Waals surface area contributed by atoms with E-state index >= 15 is 0 Å². The van der Waals surface area contributed by atoms with Gasteiger partial charge in [-0.2, -0.15) is 0 Å². The van der Waals surface area contributed by atoms with Gasteiger partial charge in [-0.25, -0.2) is 4.79 Å². The van der Waals surface area contributed by atoms with Gasteiger partial charge in [0.2, 0.25) is 5.91 Å². The number of methoxy groups -OCH3 is 1. The third-order valence-corrected chi connectivity index (χ3v) is 6.26. The average Bonchev–Trinajstić information content (AvgIpc) is 3.11. The number of aryl methyl sites for hydroxylation is 1. The van der Waals surface area contributed by atoms with Crippen molar-refractivity contribution in [2.45, 2.75) is 22.7 Å². The van der Waals surface area contributed by atoms with Crippen LogP contribution in [0, 0.1) is 6.92 Å². The number of ether oxygens (including phenoxy) is 1. The Balaban J connectivity index is 1.50. The van der Waals surface area contributed by atoms with Crippen LogP contribution in [0.3, 0.4) is 0 Å². The molecule has 30 heavy (non-hydrogen) atoms. The molecule has 0 atom stereocenters. The van der Waals surface area contributed by atoms with E-state index in [2.05, 4.69) is 51.4 Å². The minimum absolute atomic E-state index is 0.163. The topological polar surface area (TPSA) is 86.1 Å². The molecule has 0 saturated carbocycles. The molecule has 0 aliphatic heterocycles. The van der Waals surface area contributed by atoms with E-state index in [1.165, 1.54) is 29.3 Å². The highest BCUT2D eigenvalue weighted by Gasteiger charge is 2.12. The SMILES string of the molecule is COC(=O)c1ccc(NC(=O)CSc2nnc(CSc3ccc(C)cc3)n2C)cc1. The summed E-state index contributed by atoms with van der Waals surface area (Å²) in [5.41, 5.74) is 2.27. The molecule has 2 aromatic carbocycles. The van der Waals surface area contributed by atoms with E-state index in [1.807, 2.05) is 11.6 Å². The van der Waals surface area contributed by atoms with E-state index in [0.29, 0.717) is 22.2 Å². The number of nitrogens with one attached hydrogen (secondary N) is 1. The summed E-state index contributed by atoms with van der Waals surface area (Å²) in [6.07, 6.45) is 0. The van der Waals surface area contributed by atoms with Crippen LogP contribution in [0.25, 0.3) is 0 Å². The number of aromatic nitrogens is 3. The first-order valence-electron chi connectivity index (χ1n) is 9.15. The molecule has 0 spiro atoms. The van der Waals surface area contributed by atoms with Crippen molar-refractivity contribution >= 4 is 41.1 Å². The van der Waals surface area contributed by atoms with Crippen molar-refractivity contribution in [3.8, 4) is 0 Å². The minimum atomic E-state index is -0.415. The highest BCUT2D eigenvalue weighted by molar-refractivity contribution is 7.99. The summed E-state index contributed by atoms with van der Waals surface area (Å²) in [5, 5.41) is 11.9.